The summed E-state index contributed by atoms with van der Waals surface area (Å²) in [6.45, 7) is 11.7. The number of phenols is 3. The van der Waals surface area contributed by atoms with Crippen LogP contribution in [0.25, 0.3) is 0 Å². The summed E-state index contributed by atoms with van der Waals surface area (Å²) in [5.41, 5.74) is 3.46. The van der Waals surface area contributed by atoms with Gasteiger partial charge in [0.1, 0.15) is 23.0 Å². The summed E-state index contributed by atoms with van der Waals surface area (Å²) in [6, 6.07) is 30.2. The zero-order valence-electron chi connectivity index (χ0n) is 33.6. The molecule has 0 bridgehead atoms. The van der Waals surface area contributed by atoms with Crippen LogP contribution in [0.4, 0.5) is 0 Å². The number of carbonyl (C=O) groups is 4. The predicted octanol–water partition coefficient (Wildman–Crippen LogP) is 2.86. The smallest absolute Gasteiger partial charge is 1.00 e. The van der Waals surface area contributed by atoms with E-state index in [0.717, 1.165) is 12.0 Å². The summed E-state index contributed by atoms with van der Waals surface area (Å²) in [4.78, 5) is 44.8. The minimum atomic E-state index is -1.03. The van der Waals surface area contributed by atoms with E-state index in [9.17, 15) is 19.2 Å². The van der Waals surface area contributed by atoms with Gasteiger partial charge in [-0.25, -0.2) is 19.2 Å². The van der Waals surface area contributed by atoms with Gasteiger partial charge in [0.2, 0.25) is 0 Å². The van der Waals surface area contributed by atoms with Crippen LogP contribution in [0.3, 0.4) is 0 Å². The van der Waals surface area contributed by atoms with Crippen molar-refractivity contribution in [2.24, 2.45) is 5.92 Å². The fraction of sp³-hybridized carbons (Fsp3) is 0.186. The molecule has 0 aromatic heterocycles. The van der Waals surface area contributed by atoms with Gasteiger partial charge in [-0.15, -0.1) is 12.1 Å². The van der Waals surface area contributed by atoms with Gasteiger partial charge >= 0.3 is 83.0 Å². The summed E-state index contributed by atoms with van der Waals surface area (Å²) in [6.07, 6.45) is 1.54. The van der Waals surface area contributed by atoms with Crippen LogP contribution in [0.2, 0.25) is 0 Å². The molecule has 0 aliphatic heterocycles. The maximum absolute atomic E-state index is 11.8. The molecule has 5 aromatic rings. The van der Waals surface area contributed by atoms with Crippen LogP contribution in [-0.2, 0) is 11.2 Å². The Kier molecular flexibility index (Phi) is 24.7. The molecule has 0 aliphatic rings. The Labute approximate surface area is 373 Å². The standard InChI is InChI=1S/C15H12O5.C11H14O3.C10H12O3.C7H7.2Na.H/c1-9-8-12(6-7-13(9)14(17)18)20-15(19)10-2-4-11(16)5-3-10;1-8(2)7-14-11(13)9-3-5-10(12)6-4-9;1-2-3-7-6-8(11)4-5-9(7)10(12)13;1-7-5-3-2-4-6-7;;;/h2-8,16H,1H3,(H,17,18);3-6,8,12H,7H2,1-2H3;4-6,11H,2-3H2,1H3,(H,12,13);2-6H,1H2;;;/q;;;-1;2*+1;-1. The number of esters is 2. The minimum Gasteiger partial charge on any atom is -1.00 e. The van der Waals surface area contributed by atoms with E-state index in [2.05, 4.69) is 6.92 Å². The molecule has 5 aromatic carbocycles. The first-order valence-electron chi connectivity index (χ1n) is 16.8. The van der Waals surface area contributed by atoms with Gasteiger partial charge in [-0.1, -0.05) is 33.3 Å². The molecular weight excluding hydrogens is 738 g/mol. The topological polar surface area (TPSA) is 188 Å². The van der Waals surface area contributed by atoms with Crippen LogP contribution >= 0.6 is 0 Å². The molecule has 5 rings (SSSR count). The molecule has 0 saturated heterocycles. The van der Waals surface area contributed by atoms with E-state index in [1.807, 2.05) is 51.1 Å². The average Bonchev–Trinajstić information content (AvgIpc) is 3.12. The fourth-order valence-electron chi connectivity index (χ4n) is 4.37. The molecule has 5 N–H and O–H groups in total. The van der Waals surface area contributed by atoms with E-state index >= 15 is 0 Å². The molecule has 0 fully saturated rings. The molecule has 0 atom stereocenters. The molecule has 0 radical (unpaired) electrons. The number of carbonyl (C=O) groups excluding carboxylic acids is 2. The molecule has 286 valence electrons. The number of benzene rings is 5. The van der Waals surface area contributed by atoms with Crippen LogP contribution in [0.5, 0.6) is 23.0 Å². The first kappa shape index (κ1) is 51.2. The van der Waals surface area contributed by atoms with Crippen LogP contribution in [-0.4, -0.2) is 56.0 Å². The molecule has 0 aliphatic carbocycles. The molecular formula is C43H46Na2O11. The van der Waals surface area contributed by atoms with Crippen molar-refractivity contribution in [2.75, 3.05) is 6.61 Å². The first-order chi connectivity index (χ1) is 25.6. The monoisotopic (exact) mass is 784 g/mol. The maximum Gasteiger partial charge on any atom is 1.00 e. The minimum absolute atomic E-state index is 0. The van der Waals surface area contributed by atoms with Gasteiger partial charge in [0.15, 0.2) is 0 Å². The molecule has 13 heteroatoms. The Balaban J connectivity index is 0. The van der Waals surface area contributed by atoms with E-state index in [4.69, 9.17) is 35.0 Å². The third kappa shape index (κ3) is 19.2. The van der Waals surface area contributed by atoms with Gasteiger partial charge in [0.05, 0.1) is 28.9 Å². The number of rotatable bonds is 9. The Morgan fingerprint density at radius 3 is 1.57 bits per heavy atom. The number of phenolic OH excluding ortho intramolecular Hbond substituents is 3. The molecule has 0 unspecified atom stereocenters. The summed E-state index contributed by atoms with van der Waals surface area (Å²) in [7, 11) is 0. The summed E-state index contributed by atoms with van der Waals surface area (Å²) in [5.74, 6) is -1.97. The largest absolute Gasteiger partial charge is 1.00 e. The maximum atomic E-state index is 11.8. The van der Waals surface area contributed by atoms with Crippen LogP contribution < -0.4 is 63.9 Å². The zero-order chi connectivity index (χ0) is 40.2. The first-order valence-corrected chi connectivity index (χ1v) is 16.8. The van der Waals surface area contributed by atoms with Crippen molar-refractivity contribution < 1.29 is 115 Å². The van der Waals surface area contributed by atoms with Gasteiger partial charge in [-0.3, -0.25) is 0 Å². The number of carboxylic acids is 2. The molecule has 0 saturated carbocycles. The van der Waals surface area contributed by atoms with Crippen molar-refractivity contribution in [1.29, 1.82) is 0 Å². The normalized spacial score (nSPS) is 9.52. The molecule has 0 heterocycles. The Morgan fingerprint density at radius 2 is 1.14 bits per heavy atom. The van der Waals surface area contributed by atoms with E-state index in [1.54, 1.807) is 6.92 Å². The number of aromatic hydroxyl groups is 3. The Morgan fingerprint density at radius 1 is 0.661 bits per heavy atom. The molecule has 11 nitrogen and oxygen atoms in total. The van der Waals surface area contributed by atoms with Gasteiger partial charge in [0.25, 0.3) is 0 Å². The third-order valence-corrected chi connectivity index (χ3v) is 7.07. The van der Waals surface area contributed by atoms with E-state index in [-0.39, 0.29) is 101 Å². The van der Waals surface area contributed by atoms with Crippen molar-refractivity contribution in [2.45, 2.75) is 40.5 Å². The van der Waals surface area contributed by atoms with Crippen molar-refractivity contribution in [3.63, 3.8) is 0 Å². The van der Waals surface area contributed by atoms with E-state index in [0.29, 0.717) is 41.2 Å². The van der Waals surface area contributed by atoms with Crippen molar-refractivity contribution in [3.05, 3.63) is 161 Å². The number of carboxylic acid groups (broad SMARTS) is 2. The zero-order valence-corrected chi connectivity index (χ0v) is 36.6. The predicted molar refractivity (Wildman–Crippen MR) is 206 cm³/mol. The molecule has 0 amide bonds. The van der Waals surface area contributed by atoms with Crippen LogP contribution in [0, 0.1) is 19.8 Å². The average molecular weight is 785 g/mol. The SMILES string of the molecule is CC(C)COC(=O)c1ccc(O)cc1.CCCc1cc(O)ccc1C(=O)O.Cc1cc(OC(=O)c2ccc(O)cc2)ccc1C(=O)O.[CH2-]c1ccccc1.[H-].[Na+].[Na+]. The second kappa shape index (κ2) is 27.0. The second-order valence-electron chi connectivity index (χ2n) is 12.1. The number of hydrogen-bond donors (Lipinski definition) is 5. The van der Waals surface area contributed by atoms with Crippen molar-refractivity contribution in [3.8, 4) is 23.0 Å². The number of aryl methyl sites for hydroxylation is 2. The van der Waals surface area contributed by atoms with Gasteiger partial charge in [0, 0.05) is 0 Å². The quantitative estimate of drug-likeness (QED) is 0.0641. The second-order valence-corrected chi connectivity index (χ2v) is 12.1. The Bertz CT molecular complexity index is 1970. The van der Waals surface area contributed by atoms with Gasteiger partial charge in [-0.05, 0) is 115 Å². The summed E-state index contributed by atoms with van der Waals surface area (Å²) in [5, 5.41) is 45.0. The van der Waals surface area contributed by atoms with Crippen LogP contribution in [0.15, 0.2) is 115 Å². The van der Waals surface area contributed by atoms with E-state index < -0.39 is 17.9 Å². The van der Waals surface area contributed by atoms with Gasteiger partial charge < -0.3 is 36.4 Å². The third-order valence-electron chi connectivity index (χ3n) is 7.07. The van der Waals surface area contributed by atoms with E-state index in [1.165, 1.54) is 84.9 Å². The Hall–Kier alpha value is -4.75. The van der Waals surface area contributed by atoms with Crippen molar-refractivity contribution >= 4 is 23.9 Å². The summed E-state index contributed by atoms with van der Waals surface area (Å²) >= 11 is 0. The number of hydrogen-bond acceptors (Lipinski definition) is 9. The molecule has 56 heavy (non-hydrogen) atoms. The summed E-state index contributed by atoms with van der Waals surface area (Å²) < 4.78 is 10.2. The number of ether oxygens (including phenoxy) is 2. The van der Waals surface area contributed by atoms with Gasteiger partial charge in [-0.2, -0.15) is 24.6 Å². The van der Waals surface area contributed by atoms with Crippen molar-refractivity contribution in [1.82, 2.24) is 0 Å². The fourth-order valence-corrected chi connectivity index (χ4v) is 4.37. The van der Waals surface area contributed by atoms with Crippen LogP contribution in [0.1, 0.15) is 86.7 Å². The molecule has 0 spiro atoms. The number of aromatic carboxylic acids is 2.